The zero-order chi connectivity index (χ0) is 10.6. The number of hydrogen-bond donors (Lipinski definition) is 0. The van der Waals surface area contributed by atoms with E-state index in [0.717, 1.165) is 12.5 Å². The zero-order valence-corrected chi connectivity index (χ0v) is 10.1. The van der Waals surface area contributed by atoms with E-state index in [1.807, 2.05) is 0 Å². The lowest BCUT2D eigenvalue weighted by Gasteiger charge is -2.28. The fourth-order valence-electron chi connectivity index (χ4n) is 1.64. The van der Waals surface area contributed by atoms with Gasteiger partial charge in [0.1, 0.15) is 0 Å². The van der Waals surface area contributed by atoms with Gasteiger partial charge in [0.05, 0.1) is 6.54 Å². The third kappa shape index (κ3) is 4.67. The van der Waals surface area contributed by atoms with Crippen molar-refractivity contribution in [3.8, 4) is 11.8 Å². The smallest absolute Gasteiger partial charge is 0.0601 e. The van der Waals surface area contributed by atoms with Gasteiger partial charge in [0, 0.05) is 5.41 Å². The van der Waals surface area contributed by atoms with Gasteiger partial charge in [-0.25, -0.2) is 0 Å². The van der Waals surface area contributed by atoms with Crippen LogP contribution < -0.4 is 0 Å². The standard InChI is InChI=1S/C13H23N/c1-12-6-10-14(11-7-12)9-5-8-13(2,3)4/h12H,6-7,9-11H2,1-4H3. The lowest BCUT2D eigenvalue weighted by atomic mass is 9.97. The highest BCUT2D eigenvalue weighted by Gasteiger charge is 2.14. The monoisotopic (exact) mass is 193 g/mol. The molecule has 1 rings (SSSR count). The predicted molar refractivity (Wildman–Crippen MR) is 62.1 cm³/mol. The molecule has 1 nitrogen and oxygen atoms in total. The maximum absolute atomic E-state index is 3.29. The summed E-state index contributed by atoms with van der Waals surface area (Å²) in [5, 5.41) is 0. The molecule has 0 radical (unpaired) electrons. The highest BCUT2D eigenvalue weighted by molar-refractivity contribution is 5.08. The van der Waals surface area contributed by atoms with Crippen molar-refractivity contribution in [3.63, 3.8) is 0 Å². The number of rotatable bonds is 1. The van der Waals surface area contributed by atoms with Crippen molar-refractivity contribution < 1.29 is 0 Å². The minimum absolute atomic E-state index is 0.156. The molecule has 14 heavy (non-hydrogen) atoms. The molecule has 1 heterocycles. The summed E-state index contributed by atoms with van der Waals surface area (Å²) in [6.07, 6.45) is 2.69. The van der Waals surface area contributed by atoms with E-state index in [2.05, 4.69) is 44.4 Å². The van der Waals surface area contributed by atoms with Crippen LogP contribution in [0, 0.1) is 23.2 Å². The van der Waals surface area contributed by atoms with Gasteiger partial charge in [0.15, 0.2) is 0 Å². The average molecular weight is 193 g/mol. The number of piperidine rings is 1. The Morgan fingerprint density at radius 2 is 1.79 bits per heavy atom. The molecule has 0 aliphatic carbocycles. The second-order valence-corrected chi connectivity index (χ2v) is 5.51. The van der Waals surface area contributed by atoms with Gasteiger partial charge in [-0.3, -0.25) is 4.90 Å². The molecule has 1 saturated heterocycles. The van der Waals surface area contributed by atoms with Crippen molar-refractivity contribution in [1.82, 2.24) is 4.90 Å². The minimum Gasteiger partial charge on any atom is -0.292 e. The Kier molecular flexibility index (Phi) is 4.01. The molecule has 1 aliphatic rings. The van der Waals surface area contributed by atoms with Gasteiger partial charge in [0.25, 0.3) is 0 Å². The predicted octanol–water partition coefficient (Wildman–Crippen LogP) is 2.77. The average Bonchev–Trinajstić information content (AvgIpc) is 2.06. The molecule has 0 aromatic carbocycles. The van der Waals surface area contributed by atoms with E-state index in [9.17, 15) is 0 Å². The van der Waals surface area contributed by atoms with Gasteiger partial charge >= 0.3 is 0 Å². The molecule has 0 N–H and O–H groups in total. The zero-order valence-electron chi connectivity index (χ0n) is 10.1. The molecule has 1 heteroatoms. The molecule has 0 amide bonds. The Hall–Kier alpha value is -0.480. The first-order valence-corrected chi connectivity index (χ1v) is 5.70. The first-order valence-electron chi connectivity index (χ1n) is 5.70. The second kappa shape index (κ2) is 4.84. The molecular weight excluding hydrogens is 170 g/mol. The molecule has 0 bridgehead atoms. The quantitative estimate of drug-likeness (QED) is 0.579. The second-order valence-electron chi connectivity index (χ2n) is 5.51. The maximum atomic E-state index is 3.29. The Balaban J connectivity index is 2.28. The van der Waals surface area contributed by atoms with Gasteiger partial charge in [-0.05, 0) is 52.6 Å². The molecule has 0 aromatic rings. The van der Waals surface area contributed by atoms with E-state index in [-0.39, 0.29) is 5.41 Å². The van der Waals surface area contributed by atoms with Crippen LogP contribution in [0.2, 0.25) is 0 Å². The Morgan fingerprint density at radius 1 is 1.21 bits per heavy atom. The van der Waals surface area contributed by atoms with E-state index < -0.39 is 0 Å². The summed E-state index contributed by atoms with van der Waals surface area (Å²) in [6, 6.07) is 0. The highest BCUT2D eigenvalue weighted by Crippen LogP contribution is 2.15. The van der Waals surface area contributed by atoms with Crippen LogP contribution in [-0.2, 0) is 0 Å². The molecular formula is C13H23N. The first kappa shape index (κ1) is 11.6. The van der Waals surface area contributed by atoms with Crippen LogP contribution in [0.25, 0.3) is 0 Å². The van der Waals surface area contributed by atoms with Crippen LogP contribution in [0.15, 0.2) is 0 Å². The molecule has 0 unspecified atom stereocenters. The van der Waals surface area contributed by atoms with Gasteiger partial charge < -0.3 is 0 Å². The lowest BCUT2D eigenvalue weighted by Crippen LogP contribution is -2.33. The van der Waals surface area contributed by atoms with E-state index in [1.165, 1.54) is 25.9 Å². The van der Waals surface area contributed by atoms with Crippen molar-refractivity contribution >= 4 is 0 Å². The minimum atomic E-state index is 0.156. The third-order valence-corrected chi connectivity index (χ3v) is 2.64. The summed E-state index contributed by atoms with van der Waals surface area (Å²) < 4.78 is 0. The van der Waals surface area contributed by atoms with Crippen molar-refractivity contribution in [2.75, 3.05) is 19.6 Å². The molecule has 0 atom stereocenters. The molecule has 0 spiro atoms. The van der Waals surface area contributed by atoms with Crippen molar-refractivity contribution in [2.24, 2.45) is 11.3 Å². The summed E-state index contributed by atoms with van der Waals surface area (Å²) >= 11 is 0. The molecule has 0 saturated carbocycles. The van der Waals surface area contributed by atoms with Crippen molar-refractivity contribution in [3.05, 3.63) is 0 Å². The van der Waals surface area contributed by atoms with Crippen LogP contribution in [0.4, 0.5) is 0 Å². The van der Waals surface area contributed by atoms with Gasteiger partial charge in [-0.15, -0.1) is 0 Å². The Bertz CT molecular complexity index is 218. The van der Waals surface area contributed by atoms with Crippen molar-refractivity contribution in [1.29, 1.82) is 0 Å². The van der Waals surface area contributed by atoms with E-state index in [4.69, 9.17) is 0 Å². The van der Waals surface area contributed by atoms with E-state index >= 15 is 0 Å². The van der Waals surface area contributed by atoms with E-state index in [1.54, 1.807) is 0 Å². The van der Waals surface area contributed by atoms with Crippen LogP contribution >= 0.6 is 0 Å². The SMILES string of the molecule is CC1CCN(CC#CC(C)(C)C)CC1. The normalized spacial score (nSPS) is 20.3. The van der Waals surface area contributed by atoms with Gasteiger partial charge in [0.2, 0.25) is 0 Å². The van der Waals surface area contributed by atoms with Crippen LogP contribution in [0.5, 0.6) is 0 Å². The fourth-order valence-corrected chi connectivity index (χ4v) is 1.64. The maximum Gasteiger partial charge on any atom is 0.0601 e. The third-order valence-electron chi connectivity index (χ3n) is 2.64. The molecule has 0 aromatic heterocycles. The summed E-state index contributed by atoms with van der Waals surface area (Å²) in [5.74, 6) is 7.49. The number of nitrogens with zero attached hydrogens (tertiary/aromatic N) is 1. The summed E-state index contributed by atoms with van der Waals surface area (Å²) in [7, 11) is 0. The summed E-state index contributed by atoms with van der Waals surface area (Å²) in [6.45, 7) is 12.3. The first-order chi connectivity index (χ1) is 6.47. The van der Waals surface area contributed by atoms with Crippen molar-refractivity contribution in [2.45, 2.75) is 40.5 Å². The Labute approximate surface area is 88.9 Å². The van der Waals surface area contributed by atoms with Gasteiger partial charge in [-0.1, -0.05) is 18.8 Å². The molecule has 1 fully saturated rings. The van der Waals surface area contributed by atoms with E-state index in [0.29, 0.717) is 0 Å². The largest absolute Gasteiger partial charge is 0.292 e. The number of hydrogen-bond acceptors (Lipinski definition) is 1. The van der Waals surface area contributed by atoms with Crippen LogP contribution in [0.1, 0.15) is 40.5 Å². The highest BCUT2D eigenvalue weighted by atomic mass is 15.1. The Morgan fingerprint density at radius 3 is 2.29 bits per heavy atom. The van der Waals surface area contributed by atoms with Gasteiger partial charge in [-0.2, -0.15) is 0 Å². The number of likely N-dealkylation sites (tertiary alicyclic amines) is 1. The van der Waals surface area contributed by atoms with Crippen LogP contribution in [0.3, 0.4) is 0 Å². The fraction of sp³-hybridized carbons (Fsp3) is 0.846. The summed E-state index contributed by atoms with van der Waals surface area (Å²) in [4.78, 5) is 2.47. The topological polar surface area (TPSA) is 3.24 Å². The lowest BCUT2D eigenvalue weighted by molar-refractivity contribution is 0.213. The van der Waals surface area contributed by atoms with Crippen LogP contribution in [-0.4, -0.2) is 24.5 Å². The molecule has 1 aliphatic heterocycles. The summed E-state index contributed by atoms with van der Waals surface area (Å²) in [5.41, 5.74) is 0.156. The molecule has 80 valence electrons.